The fourth-order valence-electron chi connectivity index (χ4n) is 2.07. The molecule has 1 saturated carbocycles. The van der Waals surface area contributed by atoms with E-state index < -0.39 is 17.3 Å². The van der Waals surface area contributed by atoms with Gasteiger partial charge in [0.05, 0.1) is 7.11 Å². The van der Waals surface area contributed by atoms with Gasteiger partial charge >= 0.3 is 5.97 Å². The molecule has 2 N–H and O–H groups in total. The molecule has 0 aliphatic heterocycles. The van der Waals surface area contributed by atoms with Gasteiger partial charge in [-0.1, -0.05) is 22.4 Å². The lowest BCUT2D eigenvalue weighted by molar-refractivity contribution is -0.159. The van der Waals surface area contributed by atoms with Gasteiger partial charge in [-0.15, -0.1) is 0 Å². The molecule has 0 unspecified atom stereocenters. The minimum atomic E-state index is -1.27. The minimum Gasteiger partial charge on any atom is -0.497 e. The molecule has 1 amide bonds. The van der Waals surface area contributed by atoms with Gasteiger partial charge in [0.2, 0.25) is 5.91 Å². The molecule has 2 rings (SSSR count). The van der Waals surface area contributed by atoms with Crippen LogP contribution in [-0.2, 0) is 9.59 Å². The average molecular weight is 328 g/mol. The predicted molar refractivity (Wildman–Crippen MR) is 73.2 cm³/mol. The summed E-state index contributed by atoms with van der Waals surface area (Å²) < 4.78 is 5.84. The standard InChI is InChI=1S/C13H14BrNO4/c1-19-10-6-8(14)5-9(7-10)15-11(16)13(12(17)18)3-2-4-13/h5-7H,2-4H2,1H3,(H,15,16)(H,17,18). The molecule has 0 heterocycles. The van der Waals surface area contributed by atoms with Crippen molar-refractivity contribution in [2.24, 2.45) is 5.41 Å². The summed E-state index contributed by atoms with van der Waals surface area (Å²) in [5.41, 5.74) is -0.751. The number of hydrogen-bond acceptors (Lipinski definition) is 3. The summed E-state index contributed by atoms with van der Waals surface area (Å²) >= 11 is 3.31. The highest BCUT2D eigenvalue weighted by molar-refractivity contribution is 9.10. The SMILES string of the molecule is COc1cc(Br)cc(NC(=O)C2(C(=O)O)CCC2)c1. The van der Waals surface area contributed by atoms with Gasteiger partial charge < -0.3 is 15.2 Å². The quantitative estimate of drug-likeness (QED) is 0.833. The van der Waals surface area contributed by atoms with Gasteiger partial charge in [0, 0.05) is 16.2 Å². The number of methoxy groups -OCH3 is 1. The van der Waals surface area contributed by atoms with E-state index in [2.05, 4.69) is 21.2 Å². The van der Waals surface area contributed by atoms with E-state index in [0.717, 1.165) is 10.9 Å². The zero-order valence-electron chi connectivity index (χ0n) is 10.4. The molecule has 1 aliphatic rings. The first-order chi connectivity index (χ1) is 8.98. The van der Waals surface area contributed by atoms with Gasteiger partial charge in [0.25, 0.3) is 0 Å². The van der Waals surface area contributed by atoms with Crippen molar-refractivity contribution >= 4 is 33.5 Å². The van der Waals surface area contributed by atoms with E-state index in [1.807, 2.05) is 0 Å². The Labute approximate surface area is 119 Å². The molecule has 0 aromatic heterocycles. The third kappa shape index (κ3) is 2.58. The minimum absolute atomic E-state index is 0.388. The summed E-state index contributed by atoms with van der Waals surface area (Å²) in [6.45, 7) is 0. The maximum absolute atomic E-state index is 12.1. The first kappa shape index (κ1) is 13.9. The number of aliphatic carboxylic acids is 1. The Balaban J connectivity index is 2.19. The highest BCUT2D eigenvalue weighted by Gasteiger charge is 2.51. The van der Waals surface area contributed by atoms with E-state index in [4.69, 9.17) is 4.74 Å². The molecule has 0 atom stereocenters. The van der Waals surface area contributed by atoms with Crippen LogP contribution in [0.2, 0.25) is 0 Å². The molecular weight excluding hydrogens is 314 g/mol. The van der Waals surface area contributed by atoms with E-state index in [9.17, 15) is 14.7 Å². The highest BCUT2D eigenvalue weighted by atomic mass is 79.9. The van der Waals surface area contributed by atoms with Crippen LogP contribution in [0.25, 0.3) is 0 Å². The van der Waals surface area contributed by atoms with Crippen LogP contribution in [0.1, 0.15) is 19.3 Å². The lowest BCUT2D eigenvalue weighted by Gasteiger charge is -2.35. The van der Waals surface area contributed by atoms with Crippen LogP contribution in [0.5, 0.6) is 5.75 Å². The van der Waals surface area contributed by atoms with Crippen LogP contribution in [0, 0.1) is 5.41 Å². The van der Waals surface area contributed by atoms with Crippen molar-refractivity contribution in [3.63, 3.8) is 0 Å². The Kier molecular flexibility index (Phi) is 3.80. The Morgan fingerprint density at radius 3 is 2.53 bits per heavy atom. The number of ether oxygens (including phenoxy) is 1. The fourth-order valence-corrected chi connectivity index (χ4v) is 2.54. The lowest BCUT2D eigenvalue weighted by atomic mass is 9.68. The number of carbonyl (C=O) groups is 2. The second-order valence-electron chi connectivity index (χ2n) is 4.57. The van der Waals surface area contributed by atoms with Crippen LogP contribution >= 0.6 is 15.9 Å². The number of amides is 1. The molecular formula is C13H14BrNO4. The smallest absolute Gasteiger partial charge is 0.319 e. The lowest BCUT2D eigenvalue weighted by Crippen LogP contribution is -2.48. The first-order valence-corrected chi connectivity index (χ1v) is 6.67. The van der Waals surface area contributed by atoms with Crippen LogP contribution in [0.4, 0.5) is 5.69 Å². The number of carboxylic acid groups (broad SMARTS) is 1. The zero-order valence-corrected chi connectivity index (χ0v) is 12.0. The molecule has 1 fully saturated rings. The number of benzene rings is 1. The summed E-state index contributed by atoms with van der Waals surface area (Å²) in [5, 5.41) is 11.8. The molecule has 1 aliphatic carbocycles. The van der Waals surface area contributed by atoms with E-state index >= 15 is 0 Å². The third-order valence-electron chi connectivity index (χ3n) is 3.42. The van der Waals surface area contributed by atoms with E-state index in [0.29, 0.717) is 24.3 Å². The van der Waals surface area contributed by atoms with Crippen LogP contribution in [-0.4, -0.2) is 24.1 Å². The summed E-state index contributed by atoms with van der Waals surface area (Å²) in [6.07, 6.45) is 1.54. The first-order valence-electron chi connectivity index (χ1n) is 5.87. The van der Waals surface area contributed by atoms with Gasteiger partial charge in [-0.3, -0.25) is 9.59 Å². The van der Waals surface area contributed by atoms with E-state index in [-0.39, 0.29) is 0 Å². The summed E-state index contributed by atoms with van der Waals surface area (Å²) in [5.74, 6) is -0.938. The van der Waals surface area contributed by atoms with Crippen molar-refractivity contribution < 1.29 is 19.4 Å². The second-order valence-corrected chi connectivity index (χ2v) is 5.49. The number of hydrogen-bond donors (Lipinski definition) is 2. The Morgan fingerprint density at radius 2 is 2.05 bits per heavy atom. The van der Waals surface area contributed by atoms with Gasteiger partial charge in [-0.25, -0.2) is 0 Å². The summed E-state index contributed by atoms with van der Waals surface area (Å²) in [7, 11) is 1.53. The maximum atomic E-state index is 12.1. The van der Waals surface area contributed by atoms with Crippen molar-refractivity contribution in [1.29, 1.82) is 0 Å². The van der Waals surface area contributed by atoms with Crippen molar-refractivity contribution in [1.82, 2.24) is 0 Å². The van der Waals surface area contributed by atoms with Crippen molar-refractivity contribution in [2.45, 2.75) is 19.3 Å². The summed E-state index contributed by atoms with van der Waals surface area (Å²) in [6, 6.07) is 5.11. The number of anilines is 1. The third-order valence-corrected chi connectivity index (χ3v) is 3.87. The summed E-state index contributed by atoms with van der Waals surface area (Å²) in [4.78, 5) is 23.4. The largest absolute Gasteiger partial charge is 0.497 e. The fraction of sp³-hybridized carbons (Fsp3) is 0.385. The monoisotopic (exact) mass is 327 g/mol. The average Bonchev–Trinajstić information content (AvgIpc) is 2.25. The van der Waals surface area contributed by atoms with Gasteiger partial charge in [-0.05, 0) is 25.0 Å². The van der Waals surface area contributed by atoms with E-state index in [1.54, 1.807) is 18.2 Å². The number of carbonyl (C=O) groups excluding carboxylic acids is 1. The Bertz CT molecular complexity index is 525. The van der Waals surface area contributed by atoms with Crippen molar-refractivity contribution in [3.05, 3.63) is 22.7 Å². The van der Waals surface area contributed by atoms with Crippen molar-refractivity contribution in [2.75, 3.05) is 12.4 Å². The molecule has 1 aromatic carbocycles. The number of halogens is 1. The Morgan fingerprint density at radius 1 is 1.37 bits per heavy atom. The van der Waals surface area contributed by atoms with Crippen LogP contribution < -0.4 is 10.1 Å². The second kappa shape index (κ2) is 5.21. The maximum Gasteiger partial charge on any atom is 0.319 e. The molecule has 1 aromatic rings. The molecule has 6 heteroatoms. The number of rotatable bonds is 4. The zero-order chi connectivity index (χ0) is 14.0. The normalized spacial score (nSPS) is 16.3. The number of carboxylic acids is 1. The van der Waals surface area contributed by atoms with Crippen molar-refractivity contribution in [3.8, 4) is 5.75 Å². The van der Waals surface area contributed by atoms with Crippen LogP contribution in [0.3, 0.4) is 0 Å². The van der Waals surface area contributed by atoms with Gasteiger partial charge in [0.1, 0.15) is 11.2 Å². The molecule has 19 heavy (non-hydrogen) atoms. The molecule has 0 saturated heterocycles. The van der Waals surface area contributed by atoms with Gasteiger partial charge in [-0.2, -0.15) is 0 Å². The predicted octanol–water partition coefficient (Wildman–Crippen LogP) is 2.65. The van der Waals surface area contributed by atoms with Gasteiger partial charge in [0.15, 0.2) is 0 Å². The molecule has 0 spiro atoms. The van der Waals surface area contributed by atoms with E-state index in [1.165, 1.54) is 7.11 Å². The molecule has 5 nitrogen and oxygen atoms in total. The topological polar surface area (TPSA) is 75.6 Å². The van der Waals surface area contributed by atoms with Crippen LogP contribution in [0.15, 0.2) is 22.7 Å². The molecule has 102 valence electrons. The molecule has 0 radical (unpaired) electrons. The number of nitrogens with one attached hydrogen (secondary N) is 1. The highest BCUT2D eigenvalue weighted by Crippen LogP contribution is 2.42. The Hall–Kier alpha value is -1.56. The molecule has 0 bridgehead atoms.